The van der Waals surface area contributed by atoms with Crippen molar-refractivity contribution in [1.29, 1.82) is 0 Å². The topological polar surface area (TPSA) is 100 Å². The molecule has 2 atom stereocenters. The molecule has 0 spiro atoms. The fourth-order valence-corrected chi connectivity index (χ4v) is 8.18. The van der Waals surface area contributed by atoms with Crippen molar-refractivity contribution in [1.82, 2.24) is 14.9 Å². The van der Waals surface area contributed by atoms with E-state index in [2.05, 4.69) is 9.97 Å². The largest absolute Gasteiger partial charge is 0.338 e. The summed E-state index contributed by atoms with van der Waals surface area (Å²) in [5.74, 6) is 0.0522. The van der Waals surface area contributed by atoms with Gasteiger partial charge in [-0.25, -0.2) is 13.4 Å². The van der Waals surface area contributed by atoms with Crippen molar-refractivity contribution in [2.24, 2.45) is 0 Å². The molecule has 4 rings (SSSR count). The number of carbonyl (C=O) groups excluding carboxylic acids is 1. The van der Waals surface area contributed by atoms with Crippen molar-refractivity contribution in [2.45, 2.75) is 62.4 Å². The Morgan fingerprint density at radius 2 is 2.14 bits per heavy atom. The molecular weight excluding hydrogens is 430 g/mol. The molecule has 2 aromatic heterocycles. The van der Waals surface area contributed by atoms with Crippen LogP contribution in [0.5, 0.6) is 0 Å². The Bertz CT molecular complexity index is 1110. The van der Waals surface area contributed by atoms with Gasteiger partial charge in [-0.1, -0.05) is 11.8 Å². The number of hydrogen-bond acceptors (Lipinski definition) is 7. The second kappa shape index (κ2) is 8.03. The molecule has 2 aromatic rings. The monoisotopic (exact) mass is 455 g/mol. The van der Waals surface area contributed by atoms with Crippen molar-refractivity contribution in [3.8, 4) is 0 Å². The summed E-state index contributed by atoms with van der Waals surface area (Å²) in [6.45, 7) is 4.11. The predicted molar refractivity (Wildman–Crippen MR) is 117 cm³/mol. The highest BCUT2D eigenvalue weighted by Crippen LogP contribution is 2.34. The minimum Gasteiger partial charge on any atom is -0.338 e. The normalized spacial score (nSPS) is 21.8. The van der Waals surface area contributed by atoms with Crippen LogP contribution in [0.4, 0.5) is 0 Å². The maximum Gasteiger partial charge on any atom is 0.260 e. The number of hydrogen-bond donors (Lipinski definition) is 1. The van der Waals surface area contributed by atoms with E-state index in [0.29, 0.717) is 23.5 Å². The van der Waals surface area contributed by atoms with E-state index in [9.17, 15) is 18.0 Å². The Morgan fingerprint density at radius 1 is 1.38 bits per heavy atom. The molecule has 2 aliphatic rings. The number of rotatable bonds is 5. The molecule has 1 amide bonds. The van der Waals surface area contributed by atoms with E-state index >= 15 is 0 Å². The van der Waals surface area contributed by atoms with Crippen LogP contribution in [0.15, 0.2) is 9.95 Å². The number of aromatic nitrogens is 2. The van der Waals surface area contributed by atoms with Gasteiger partial charge in [0.1, 0.15) is 4.83 Å². The zero-order valence-corrected chi connectivity index (χ0v) is 19.0. The maximum absolute atomic E-state index is 13.0. The van der Waals surface area contributed by atoms with Crippen LogP contribution in [0.1, 0.15) is 43.6 Å². The molecule has 0 saturated carbocycles. The third-order valence-corrected chi connectivity index (χ3v) is 9.62. The number of carbonyl (C=O) groups is 1. The van der Waals surface area contributed by atoms with Crippen molar-refractivity contribution < 1.29 is 13.2 Å². The summed E-state index contributed by atoms with van der Waals surface area (Å²) in [6, 6.07) is -0.265. The molecule has 10 heteroatoms. The van der Waals surface area contributed by atoms with Crippen LogP contribution in [-0.2, 0) is 27.5 Å². The third kappa shape index (κ3) is 4.11. The fourth-order valence-electron chi connectivity index (χ4n) is 4.27. The Labute approximate surface area is 178 Å². The number of thiophene rings is 1. The minimum atomic E-state index is -3.06. The van der Waals surface area contributed by atoms with Crippen LogP contribution in [0.3, 0.4) is 0 Å². The van der Waals surface area contributed by atoms with E-state index in [1.54, 1.807) is 23.2 Å². The van der Waals surface area contributed by atoms with E-state index < -0.39 is 15.1 Å². The van der Waals surface area contributed by atoms with Crippen molar-refractivity contribution in [3.63, 3.8) is 0 Å². The van der Waals surface area contributed by atoms with Gasteiger partial charge in [0.15, 0.2) is 15.0 Å². The first-order valence-corrected chi connectivity index (χ1v) is 13.5. The van der Waals surface area contributed by atoms with Crippen molar-refractivity contribution in [2.75, 3.05) is 18.1 Å². The predicted octanol–water partition coefficient (Wildman–Crippen LogP) is 2.38. The lowest BCUT2D eigenvalue weighted by Gasteiger charge is -2.29. The van der Waals surface area contributed by atoms with Gasteiger partial charge in [-0.05, 0) is 51.5 Å². The van der Waals surface area contributed by atoms with E-state index in [1.807, 2.05) is 6.92 Å². The Kier molecular flexibility index (Phi) is 5.78. The number of fused-ring (bicyclic) bond motifs is 3. The summed E-state index contributed by atoms with van der Waals surface area (Å²) in [6.07, 6.45) is 4.67. The molecule has 0 radical (unpaired) electrons. The van der Waals surface area contributed by atoms with Gasteiger partial charge < -0.3 is 9.88 Å². The molecule has 1 fully saturated rings. The summed E-state index contributed by atoms with van der Waals surface area (Å²) in [5.41, 5.74) is 1.01. The molecule has 1 N–H and O–H groups in total. The molecule has 158 valence electrons. The quantitative estimate of drug-likeness (QED) is 0.549. The number of aryl methyl sites for hydroxylation is 2. The van der Waals surface area contributed by atoms with Crippen molar-refractivity contribution in [3.05, 3.63) is 20.8 Å². The highest BCUT2D eigenvalue weighted by atomic mass is 32.2. The minimum absolute atomic E-state index is 0.0335. The number of H-pyrrole nitrogens is 1. The molecule has 2 unspecified atom stereocenters. The molecule has 0 bridgehead atoms. The van der Waals surface area contributed by atoms with E-state index in [4.69, 9.17) is 0 Å². The second-order valence-electron chi connectivity index (χ2n) is 7.70. The van der Waals surface area contributed by atoms with Crippen LogP contribution in [0.2, 0.25) is 0 Å². The third-order valence-electron chi connectivity index (χ3n) is 5.71. The van der Waals surface area contributed by atoms with Crippen LogP contribution < -0.4 is 5.56 Å². The van der Waals surface area contributed by atoms with Gasteiger partial charge in [0.2, 0.25) is 5.91 Å². The fraction of sp³-hybridized carbons (Fsp3) is 0.632. The second-order valence-corrected chi connectivity index (χ2v) is 12.3. The molecule has 1 saturated heterocycles. The first kappa shape index (κ1) is 20.9. The number of nitrogens with zero attached hydrogens (tertiary/aromatic N) is 2. The number of sulfone groups is 1. The summed E-state index contributed by atoms with van der Waals surface area (Å²) in [4.78, 5) is 36.8. The van der Waals surface area contributed by atoms with Gasteiger partial charge in [-0.15, -0.1) is 11.3 Å². The van der Waals surface area contributed by atoms with Crippen LogP contribution in [0, 0.1) is 0 Å². The number of aromatic amines is 1. The van der Waals surface area contributed by atoms with E-state index in [1.165, 1.54) is 16.6 Å². The Morgan fingerprint density at radius 3 is 2.83 bits per heavy atom. The van der Waals surface area contributed by atoms with Crippen LogP contribution in [0.25, 0.3) is 10.2 Å². The average molecular weight is 456 g/mol. The lowest BCUT2D eigenvalue weighted by Crippen LogP contribution is -2.44. The first-order valence-electron chi connectivity index (χ1n) is 10.0. The smallest absolute Gasteiger partial charge is 0.260 e. The molecule has 3 heterocycles. The lowest BCUT2D eigenvalue weighted by molar-refractivity contribution is -0.131. The molecule has 29 heavy (non-hydrogen) atoms. The van der Waals surface area contributed by atoms with Gasteiger partial charge >= 0.3 is 0 Å². The summed E-state index contributed by atoms with van der Waals surface area (Å²) >= 11 is 2.82. The molecule has 7 nitrogen and oxygen atoms in total. The standard InChI is InChI=1S/C19H25N3O4S3/c1-3-22(12-8-9-29(25,26)10-12)18(24)11(2)27-19-20-16(23)15-13-6-4-5-7-14(13)28-17(15)21-19/h11-12H,3-10H2,1-2H3,(H,20,21,23). The maximum atomic E-state index is 13.0. The zero-order valence-electron chi connectivity index (χ0n) is 16.6. The van der Waals surface area contributed by atoms with E-state index in [-0.39, 0.29) is 29.0 Å². The summed E-state index contributed by atoms with van der Waals surface area (Å²) < 4.78 is 23.6. The van der Waals surface area contributed by atoms with Gasteiger partial charge in [-0.2, -0.15) is 0 Å². The molecular formula is C19H25N3O4S3. The van der Waals surface area contributed by atoms with Crippen molar-refractivity contribution >= 4 is 49.1 Å². The number of thioether (sulfide) groups is 1. The van der Waals surface area contributed by atoms with Crippen LogP contribution in [-0.4, -0.2) is 58.5 Å². The number of nitrogens with one attached hydrogen (secondary N) is 1. The summed E-state index contributed by atoms with van der Waals surface area (Å²) in [5, 5.41) is 0.685. The van der Waals surface area contributed by atoms with Crippen LogP contribution >= 0.6 is 23.1 Å². The Balaban J connectivity index is 1.54. The van der Waals surface area contributed by atoms with Gasteiger partial charge in [0.25, 0.3) is 5.56 Å². The summed E-state index contributed by atoms with van der Waals surface area (Å²) in [7, 11) is -3.06. The lowest BCUT2D eigenvalue weighted by atomic mass is 9.97. The Hall–Kier alpha value is -1.39. The molecule has 1 aliphatic carbocycles. The number of amides is 1. The SMILES string of the molecule is CCN(C(=O)C(C)Sc1nc2sc3c(c2c(=O)[nH]1)CCCC3)C1CCS(=O)(=O)C1. The van der Waals surface area contributed by atoms with E-state index in [0.717, 1.165) is 36.1 Å². The van der Waals surface area contributed by atoms with Gasteiger partial charge in [0.05, 0.1) is 22.1 Å². The highest BCUT2D eigenvalue weighted by molar-refractivity contribution is 8.00. The molecule has 1 aliphatic heterocycles. The zero-order chi connectivity index (χ0) is 20.8. The highest BCUT2D eigenvalue weighted by Gasteiger charge is 2.35. The van der Waals surface area contributed by atoms with Gasteiger partial charge in [0, 0.05) is 17.5 Å². The average Bonchev–Trinajstić information content (AvgIpc) is 3.21. The van der Waals surface area contributed by atoms with Gasteiger partial charge in [-0.3, -0.25) is 9.59 Å². The first-order chi connectivity index (χ1) is 13.8. The molecule has 0 aromatic carbocycles.